The molecular weight excluding hydrogens is 452 g/mol. The van der Waals surface area contributed by atoms with E-state index < -0.39 is 15.9 Å². The molecule has 1 atom stereocenters. The number of rotatable bonds is 8. The lowest BCUT2D eigenvalue weighted by Gasteiger charge is -2.20. The number of aromatic nitrogens is 2. The number of nitrogens with one attached hydrogen (secondary N) is 1. The van der Waals surface area contributed by atoms with E-state index in [1.807, 2.05) is 56.3 Å². The van der Waals surface area contributed by atoms with Crippen molar-refractivity contribution in [1.82, 2.24) is 9.55 Å². The van der Waals surface area contributed by atoms with Crippen molar-refractivity contribution in [2.24, 2.45) is 0 Å². The normalized spacial score (nSPS) is 12.6. The molecule has 7 nitrogen and oxygen atoms in total. The zero-order chi connectivity index (χ0) is 24.5. The third-order valence-corrected chi connectivity index (χ3v) is 6.75. The van der Waals surface area contributed by atoms with Gasteiger partial charge in [0.05, 0.1) is 36.5 Å². The highest BCUT2D eigenvalue weighted by Crippen LogP contribution is 2.34. The number of sulfone groups is 1. The summed E-state index contributed by atoms with van der Waals surface area (Å²) >= 11 is 0. The predicted octanol–water partition coefficient (Wildman–Crippen LogP) is 4.35. The number of hydrogen-bond donors (Lipinski definition) is 1. The molecule has 178 valence electrons. The van der Waals surface area contributed by atoms with Gasteiger partial charge in [0.1, 0.15) is 9.84 Å². The van der Waals surface area contributed by atoms with Crippen molar-refractivity contribution >= 4 is 20.9 Å². The third kappa shape index (κ3) is 4.59. The van der Waals surface area contributed by atoms with E-state index in [9.17, 15) is 13.2 Å². The number of methoxy groups -OCH3 is 1. The van der Waals surface area contributed by atoms with E-state index in [-0.39, 0.29) is 11.4 Å². The number of nitrogens with zero attached hydrogens (tertiary/aromatic N) is 1. The van der Waals surface area contributed by atoms with Crippen LogP contribution in [0.25, 0.3) is 22.2 Å². The molecule has 0 aliphatic heterocycles. The van der Waals surface area contributed by atoms with Gasteiger partial charge in [0.2, 0.25) is 0 Å². The lowest BCUT2D eigenvalue weighted by molar-refractivity contribution is 0.310. The summed E-state index contributed by atoms with van der Waals surface area (Å²) in [5.41, 5.74) is 4.52. The standard InChI is InChI=1S/C26H28N2O5S/c1-5-33-24-15-18(13-14-23(24)32-3)22(16-34(4,30)31)28-21-12-8-11-20(25(21)27-26(28)29)19-10-7-6-9-17(19)2/h6-15,22H,5,16H2,1-4H3,(H,27,29). The Morgan fingerprint density at radius 1 is 1.00 bits per heavy atom. The summed E-state index contributed by atoms with van der Waals surface area (Å²) in [4.78, 5) is 16.3. The minimum Gasteiger partial charge on any atom is -0.493 e. The minimum atomic E-state index is -3.44. The maximum Gasteiger partial charge on any atom is 0.327 e. The van der Waals surface area contributed by atoms with E-state index in [2.05, 4.69) is 4.98 Å². The molecule has 0 aliphatic carbocycles. The molecule has 0 bridgehead atoms. The maximum atomic E-state index is 13.3. The molecule has 0 spiro atoms. The lowest BCUT2D eigenvalue weighted by atomic mass is 9.99. The molecule has 1 heterocycles. The molecule has 34 heavy (non-hydrogen) atoms. The third-order valence-electron chi connectivity index (χ3n) is 5.83. The fourth-order valence-corrected chi connectivity index (χ4v) is 5.25. The second-order valence-electron chi connectivity index (χ2n) is 8.27. The Bertz CT molecular complexity index is 1500. The van der Waals surface area contributed by atoms with Crippen LogP contribution >= 0.6 is 0 Å². The number of para-hydroxylation sites is 1. The molecule has 8 heteroatoms. The topological polar surface area (TPSA) is 90.4 Å². The van der Waals surface area contributed by atoms with Gasteiger partial charge in [0.25, 0.3) is 0 Å². The minimum absolute atomic E-state index is 0.244. The van der Waals surface area contributed by atoms with Crippen LogP contribution in [0.15, 0.2) is 65.5 Å². The molecule has 4 aromatic rings. The zero-order valence-electron chi connectivity index (χ0n) is 19.7. The van der Waals surface area contributed by atoms with E-state index in [4.69, 9.17) is 9.47 Å². The molecule has 1 unspecified atom stereocenters. The van der Waals surface area contributed by atoms with Crippen molar-refractivity contribution < 1.29 is 17.9 Å². The Balaban J connectivity index is 1.96. The van der Waals surface area contributed by atoms with Crippen molar-refractivity contribution in [2.75, 3.05) is 25.7 Å². The highest BCUT2D eigenvalue weighted by Gasteiger charge is 2.25. The Labute approximate surface area is 198 Å². The Morgan fingerprint density at radius 3 is 2.41 bits per heavy atom. The fourth-order valence-electron chi connectivity index (χ4n) is 4.33. The highest BCUT2D eigenvalue weighted by atomic mass is 32.2. The van der Waals surface area contributed by atoms with Gasteiger partial charge in [-0.1, -0.05) is 42.5 Å². The van der Waals surface area contributed by atoms with Crippen LogP contribution in [0, 0.1) is 6.92 Å². The van der Waals surface area contributed by atoms with Gasteiger partial charge in [0, 0.05) is 11.8 Å². The first-order valence-electron chi connectivity index (χ1n) is 11.0. The first-order chi connectivity index (χ1) is 16.2. The Hall–Kier alpha value is -3.52. The van der Waals surface area contributed by atoms with Crippen LogP contribution in [0.2, 0.25) is 0 Å². The summed E-state index contributed by atoms with van der Waals surface area (Å²) < 4.78 is 37.5. The molecule has 0 saturated carbocycles. The summed E-state index contributed by atoms with van der Waals surface area (Å²) in [6.45, 7) is 4.29. The summed E-state index contributed by atoms with van der Waals surface area (Å²) in [6.07, 6.45) is 1.17. The monoisotopic (exact) mass is 480 g/mol. The molecule has 0 radical (unpaired) electrons. The van der Waals surface area contributed by atoms with Crippen molar-refractivity contribution in [3.8, 4) is 22.6 Å². The molecule has 1 N–H and O–H groups in total. The van der Waals surface area contributed by atoms with Gasteiger partial charge in [0.15, 0.2) is 11.5 Å². The van der Waals surface area contributed by atoms with Crippen molar-refractivity contribution in [3.63, 3.8) is 0 Å². The molecular formula is C26H28N2O5S. The van der Waals surface area contributed by atoms with E-state index in [0.717, 1.165) is 16.7 Å². The smallest absolute Gasteiger partial charge is 0.327 e. The van der Waals surface area contributed by atoms with Crippen molar-refractivity contribution in [2.45, 2.75) is 19.9 Å². The van der Waals surface area contributed by atoms with E-state index in [1.165, 1.54) is 10.8 Å². The number of aromatic amines is 1. The highest BCUT2D eigenvalue weighted by molar-refractivity contribution is 7.90. The van der Waals surface area contributed by atoms with Gasteiger partial charge >= 0.3 is 5.69 Å². The van der Waals surface area contributed by atoms with Gasteiger partial charge in [-0.3, -0.25) is 4.57 Å². The molecule has 3 aromatic carbocycles. The number of hydrogen-bond acceptors (Lipinski definition) is 5. The van der Waals surface area contributed by atoms with Gasteiger partial charge in [-0.2, -0.15) is 0 Å². The summed E-state index contributed by atoms with van der Waals surface area (Å²) in [6, 6.07) is 18.1. The van der Waals surface area contributed by atoms with Crippen LogP contribution < -0.4 is 15.2 Å². The molecule has 1 aromatic heterocycles. The Morgan fingerprint density at radius 2 is 1.74 bits per heavy atom. The summed E-state index contributed by atoms with van der Waals surface area (Å²) in [5, 5.41) is 0. The second kappa shape index (κ2) is 9.38. The average Bonchev–Trinajstić information content (AvgIpc) is 3.13. The number of H-pyrrole nitrogens is 1. The zero-order valence-corrected chi connectivity index (χ0v) is 20.5. The first-order valence-corrected chi connectivity index (χ1v) is 13.1. The molecule has 0 fully saturated rings. The molecule has 0 aliphatic rings. The lowest BCUT2D eigenvalue weighted by Crippen LogP contribution is -2.28. The SMILES string of the molecule is CCOc1cc(C(CS(C)(=O)=O)n2c(=O)[nH]c3c(-c4ccccc4C)cccc32)ccc1OC. The average molecular weight is 481 g/mol. The van der Waals surface area contributed by atoms with E-state index in [1.54, 1.807) is 25.3 Å². The molecule has 0 saturated heterocycles. The first kappa shape index (κ1) is 23.6. The fraction of sp³-hybridized carbons (Fsp3) is 0.269. The van der Waals surface area contributed by atoms with Gasteiger partial charge < -0.3 is 14.5 Å². The maximum absolute atomic E-state index is 13.3. The van der Waals surface area contributed by atoms with Crippen LogP contribution in [0.3, 0.4) is 0 Å². The number of benzene rings is 3. The predicted molar refractivity (Wildman–Crippen MR) is 135 cm³/mol. The quantitative estimate of drug-likeness (QED) is 0.405. The molecule has 4 rings (SSSR count). The number of ether oxygens (including phenoxy) is 2. The van der Waals surface area contributed by atoms with Crippen molar-refractivity contribution in [3.05, 3.63) is 82.3 Å². The van der Waals surface area contributed by atoms with Crippen LogP contribution in [-0.2, 0) is 9.84 Å². The summed E-state index contributed by atoms with van der Waals surface area (Å²) in [7, 11) is -1.89. The largest absolute Gasteiger partial charge is 0.493 e. The van der Waals surface area contributed by atoms with Crippen LogP contribution in [0.1, 0.15) is 24.1 Å². The van der Waals surface area contributed by atoms with Gasteiger partial charge in [-0.25, -0.2) is 13.2 Å². The number of fused-ring (bicyclic) bond motifs is 1. The number of imidazole rings is 1. The molecule has 0 amide bonds. The van der Waals surface area contributed by atoms with Crippen molar-refractivity contribution in [1.29, 1.82) is 0 Å². The van der Waals surface area contributed by atoms with Gasteiger partial charge in [-0.15, -0.1) is 0 Å². The van der Waals surface area contributed by atoms with Crippen LogP contribution in [0.5, 0.6) is 11.5 Å². The van der Waals surface area contributed by atoms with Crippen LogP contribution in [0.4, 0.5) is 0 Å². The summed E-state index contributed by atoms with van der Waals surface area (Å²) in [5.74, 6) is 0.790. The van der Waals surface area contributed by atoms with Gasteiger partial charge in [-0.05, 0) is 48.7 Å². The van der Waals surface area contributed by atoms with E-state index >= 15 is 0 Å². The van der Waals surface area contributed by atoms with Crippen LogP contribution in [-0.4, -0.2) is 43.7 Å². The number of aryl methyl sites for hydroxylation is 1. The Kier molecular flexibility index (Phi) is 6.52. The second-order valence-corrected chi connectivity index (χ2v) is 10.5. The van der Waals surface area contributed by atoms with E-state index in [0.29, 0.717) is 34.7 Å².